The largest absolute Gasteiger partial charge is 0.355 e. The van der Waals surface area contributed by atoms with E-state index in [9.17, 15) is 9.59 Å². The number of hydrogen-bond donors (Lipinski definition) is 2. The molecule has 0 spiro atoms. The molecule has 0 saturated carbocycles. The SMILES string of the molecule is CCCC(CCN)CCC(=O)N(C)CC(=O)NCC. The first kappa shape index (κ1) is 17.9. The van der Waals surface area contributed by atoms with Crippen molar-refractivity contribution in [3.8, 4) is 0 Å². The molecule has 0 aliphatic carbocycles. The summed E-state index contributed by atoms with van der Waals surface area (Å²) < 4.78 is 0. The van der Waals surface area contributed by atoms with Gasteiger partial charge < -0.3 is 16.0 Å². The van der Waals surface area contributed by atoms with Gasteiger partial charge in [0.2, 0.25) is 11.8 Å². The third kappa shape index (κ3) is 8.59. The molecule has 0 aliphatic heterocycles. The zero-order valence-corrected chi connectivity index (χ0v) is 12.6. The second kappa shape index (κ2) is 10.8. The Labute approximate surface area is 116 Å². The molecular weight excluding hydrogens is 242 g/mol. The molecule has 3 N–H and O–H groups in total. The molecule has 0 fully saturated rings. The number of hydrogen-bond acceptors (Lipinski definition) is 3. The second-order valence-corrected chi connectivity index (χ2v) is 4.97. The maximum absolute atomic E-state index is 11.9. The van der Waals surface area contributed by atoms with Gasteiger partial charge in [-0.1, -0.05) is 19.8 Å². The zero-order chi connectivity index (χ0) is 14.7. The number of nitrogens with zero attached hydrogens (tertiary/aromatic N) is 1. The molecule has 19 heavy (non-hydrogen) atoms. The molecule has 1 atom stereocenters. The molecule has 112 valence electrons. The Morgan fingerprint density at radius 1 is 1.21 bits per heavy atom. The lowest BCUT2D eigenvalue weighted by molar-refractivity contribution is -0.134. The van der Waals surface area contributed by atoms with Crippen LogP contribution in [-0.4, -0.2) is 43.4 Å². The number of nitrogens with two attached hydrogens (primary N) is 1. The van der Waals surface area contributed by atoms with Gasteiger partial charge in [0.1, 0.15) is 0 Å². The molecule has 0 aliphatic rings. The first-order valence-electron chi connectivity index (χ1n) is 7.25. The summed E-state index contributed by atoms with van der Waals surface area (Å²) >= 11 is 0. The lowest BCUT2D eigenvalue weighted by Crippen LogP contribution is -2.38. The molecule has 0 rings (SSSR count). The van der Waals surface area contributed by atoms with Crippen LogP contribution in [-0.2, 0) is 9.59 Å². The van der Waals surface area contributed by atoms with E-state index in [4.69, 9.17) is 5.73 Å². The van der Waals surface area contributed by atoms with Crippen LogP contribution in [0.15, 0.2) is 0 Å². The fourth-order valence-electron chi connectivity index (χ4n) is 2.15. The van der Waals surface area contributed by atoms with Crippen LogP contribution in [0, 0.1) is 5.92 Å². The van der Waals surface area contributed by atoms with Gasteiger partial charge in [-0.3, -0.25) is 9.59 Å². The molecule has 0 aromatic carbocycles. The first-order valence-corrected chi connectivity index (χ1v) is 7.25. The molecule has 5 heteroatoms. The summed E-state index contributed by atoms with van der Waals surface area (Å²) in [6.45, 7) is 5.42. The summed E-state index contributed by atoms with van der Waals surface area (Å²) in [7, 11) is 1.68. The van der Waals surface area contributed by atoms with Crippen molar-refractivity contribution in [3.63, 3.8) is 0 Å². The van der Waals surface area contributed by atoms with Crippen LogP contribution >= 0.6 is 0 Å². The minimum atomic E-state index is -0.106. The number of rotatable bonds is 10. The lowest BCUT2D eigenvalue weighted by atomic mass is 9.94. The van der Waals surface area contributed by atoms with Gasteiger partial charge in [0.15, 0.2) is 0 Å². The van der Waals surface area contributed by atoms with Gasteiger partial charge in [-0.25, -0.2) is 0 Å². The highest BCUT2D eigenvalue weighted by atomic mass is 16.2. The number of amides is 2. The highest BCUT2D eigenvalue weighted by Gasteiger charge is 2.15. The van der Waals surface area contributed by atoms with Crippen molar-refractivity contribution in [2.75, 3.05) is 26.7 Å². The Balaban J connectivity index is 4.02. The van der Waals surface area contributed by atoms with Gasteiger partial charge in [-0.2, -0.15) is 0 Å². The smallest absolute Gasteiger partial charge is 0.239 e. The van der Waals surface area contributed by atoms with Crippen molar-refractivity contribution in [1.29, 1.82) is 0 Å². The Hall–Kier alpha value is -1.10. The molecule has 0 heterocycles. The van der Waals surface area contributed by atoms with Gasteiger partial charge in [-0.05, 0) is 32.2 Å². The summed E-state index contributed by atoms with van der Waals surface area (Å²) in [4.78, 5) is 24.8. The highest BCUT2D eigenvalue weighted by molar-refractivity contribution is 5.84. The predicted molar refractivity (Wildman–Crippen MR) is 77.6 cm³/mol. The van der Waals surface area contributed by atoms with Crippen LogP contribution in [0.3, 0.4) is 0 Å². The van der Waals surface area contributed by atoms with Crippen LogP contribution in [0.4, 0.5) is 0 Å². The second-order valence-electron chi connectivity index (χ2n) is 4.97. The Morgan fingerprint density at radius 3 is 2.42 bits per heavy atom. The number of nitrogens with one attached hydrogen (secondary N) is 1. The van der Waals surface area contributed by atoms with E-state index in [1.54, 1.807) is 7.05 Å². The summed E-state index contributed by atoms with van der Waals surface area (Å²) in [5, 5.41) is 2.69. The highest BCUT2D eigenvalue weighted by Crippen LogP contribution is 2.17. The van der Waals surface area contributed by atoms with Crippen molar-refractivity contribution in [2.45, 2.75) is 46.0 Å². The summed E-state index contributed by atoms with van der Waals surface area (Å²) in [6.07, 6.45) is 4.57. The van der Waals surface area contributed by atoms with E-state index < -0.39 is 0 Å². The van der Waals surface area contributed by atoms with Crippen molar-refractivity contribution < 1.29 is 9.59 Å². The van der Waals surface area contributed by atoms with Crippen molar-refractivity contribution in [2.24, 2.45) is 11.7 Å². The maximum atomic E-state index is 11.9. The molecule has 0 saturated heterocycles. The van der Waals surface area contributed by atoms with Crippen LogP contribution in [0.2, 0.25) is 0 Å². The van der Waals surface area contributed by atoms with Crippen LogP contribution in [0.25, 0.3) is 0 Å². The van der Waals surface area contributed by atoms with E-state index in [1.165, 1.54) is 4.90 Å². The summed E-state index contributed by atoms with van der Waals surface area (Å²) in [5.41, 5.74) is 5.58. The number of carbonyl (C=O) groups excluding carboxylic acids is 2. The molecule has 0 aromatic heterocycles. The van der Waals surface area contributed by atoms with E-state index in [2.05, 4.69) is 12.2 Å². The van der Waals surface area contributed by atoms with E-state index >= 15 is 0 Å². The third-order valence-corrected chi connectivity index (χ3v) is 3.22. The van der Waals surface area contributed by atoms with E-state index in [1.807, 2.05) is 6.92 Å². The Bertz CT molecular complexity index is 263. The fourth-order valence-corrected chi connectivity index (χ4v) is 2.15. The number of carbonyl (C=O) groups is 2. The van der Waals surface area contributed by atoms with E-state index in [-0.39, 0.29) is 18.4 Å². The lowest BCUT2D eigenvalue weighted by Gasteiger charge is -2.19. The van der Waals surface area contributed by atoms with Crippen molar-refractivity contribution in [3.05, 3.63) is 0 Å². The molecule has 2 amide bonds. The van der Waals surface area contributed by atoms with Gasteiger partial charge in [0.05, 0.1) is 6.54 Å². The van der Waals surface area contributed by atoms with Gasteiger partial charge in [-0.15, -0.1) is 0 Å². The number of likely N-dealkylation sites (N-methyl/N-ethyl adjacent to an activating group) is 2. The van der Waals surface area contributed by atoms with Crippen molar-refractivity contribution >= 4 is 11.8 Å². The molecule has 0 aromatic rings. The first-order chi connectivity index (χ1) is 9.04. The standard InChI is InChI=1S/C14H29N3O2/c1-4-6-12(9-10-15)7-8-14(19)17(3)11-13(18)16-5-2/h12H,4-11,15H2,1-3H3,(H,16,18). The topological polar surface area (TPSA) is 75.4 Å². The molecule has 1 unspecified atom stereocenters. The maximum Gasteiger partial charge on any atom is 0.239 e. The quantitative estimate of drug-likeness (QED) is 0.625. The van der Waals surface area contributed by atoms with Crippen molar-refractivity contribution in [1.82, 2.24) is 10.2 Å². The molecule has 5 nitrogen and oxygen atoms in total. The monoisotopic (exact) mass is 271 g/mol. The van der Waals surface area contributed by atoms with Gasteiger partial charge in [0.25, 0.3) is 0 Å². The molecule has 0 bridgehead atoms. The minimum Gasteiger partial charge on any atom is -0.355 e. The minimum absolute atomic E-state index is 0.0318. The van der Waals surface area contributed by atoms with E-state index in [0.29, 0.717) is 25.4 Å². The molecular formula is C14H29N3O2. The summed E-state index contributed by atoms with van der Waals surface area (Å²) in [5.74, 6) is 0.451. The average Bonchev–Trinajstić information content (AvgIpc) is 2.36. The van der Waals surface area contributed by atoms with E-state index in [0.717, 1.165) is 25.7 Å². The predicted octanol–water partition coefficient (Wildman–Crippen LogP) is 1.13. The van der Waals surface area contributed by atoms with Gasteiger partial charge in [0, 0.05) is 20.0 Å². The average molecular weight is 271 g/mol. The van der Waals surface area contributed by atoms with Crippen LogP contribution in [0.5, 0.6) is 0 Å². The summed E-state index contributed by atoms with van der Waals surface area (Å²) in [6, 6.07) is 0. The van der Waals surface area contributed by atoms with Crippen LogP contribution < -0.4 is 11.1 Å². The normalized spacial score (nSPS) is 12.0. The molecule has 0 radical (unpaired) electrons. The third-order valence-electron chi connectivity index (χ3n) is 3.22. The zero-order valence-electron chi connectivity index (χ0n) is 12.6. The Morgan fingerprint density at radius 2 is 1.89 bits per heavy atom. The van der Waals surface area contributed by atoms with Crippen LogP contribution in [0.1, 0.15) is 46.0 Å². The fraction of sp³-hybridized carbons (Fsp3) is 0.857. The van der Waals surface area contributed by atoms with Gasteiger partial charge >= 0.3 is 0 Å². The Kier molecular flexibility index (Phi) is 10.2.